The Morgan fingerprint density at radius 1 is 1.00 bits per heavy atom. The van der Waals surface area contributed by atoms with E-state index in [2.05, 4.69) is 17.0 Å². The summed E-state index contributed by atoms with van der Waals surface area (Å²) in [5, 5.41) is 11.5. The van der Waals surface area contributed by atoms with Gasteiger partial charge in [-0.1, -0.05) is 35.2 Å². The highest BCUT2D eigenvalue weighted by molar-refractivity contribution is 5.83. The van der Waals surface area contributed by atoms with Gasteiger partial charge in [0.2, 0.25) is 0 Å². The van der Waals surface area contributed by atoms with Gasteiger partial charge in [0.05, 0.1) is 6.21 Å². The summed E-state index contributed by atoms with van der Waals surface area (Å²) in [4.78, 5) is 0. The Hall–Kier alpha value is -2.60. The summed E-state index contributed by atoms with van der Waals surface area (Å²) in [5.41, 5.74) is 2.21. The van der Waals surface area contributed by atoms with Crippen molar-refractivity contribution in [3.05, 3.63) is 71.0 Å². The van der Waals surface area contributed by atoms with Crippen LogP contribution in [0.3, 0.4) is 0 Å². The molecule has 0 amide bonds. The van der Waals surface area contributed by atoms with Gasteiger partial charge in [-0.05, 0) is 30.3 Å². The largest absolute Gasteiger partial charge is 0.411 e. The average Bonchev–Trinajstić information content (AvgIpc) is 2.40. The number of oxime groups is 1. The molecule has 18 heavy (non-hydrogen) atoms. The van der Waals surface area contributed by atoms with Crippen LogP contribution >= 0.6 is 0 Å². The Kier molecular flexibility index (Phi) is 3.72. The highest BCUT2D eigenvalue weighted by atomic mass is 19.1. The number of rotatable bonds is 1. The Morgan fingerprint density at radius 3 is 2.44 bits per heavy atom. The van der Waals surface area contributed by atoms with Gasteiger partial charge in [-0.3, -0.25) is 0 Å². The van der Waals surface area contributed by atoms with Crippen LogP contribution in [0.2, 0.25) is 0 Å². The second-order valence-electron chi connectivity index (χ2n) is 3.59. The molecule has 2 rings (SSSR count). The Morgan fingerprint density at radius 2 is 1.72 bits per heavy atom. The molecule has 2 aromatic carbocycles. The molecule has 88 valence electrons. The molecule has 0 unspecified atom stereocenters. The first-order valence-corrected chi connectivity index (χ1v) is 5.33. The van der Waals surface area contributed by atoms with Crippen LogP contribution in [0.5, 0.6) is 0 Å². The van der Waals surface area contributed by atoms with Crippen LogP contribution < -0.4 is 0 Å². The number of benzene rings is 2. The van der Waals surface area contributed by atoms with Crippen molar-refractivity contribution in [2.24, 2.45) is 5.16 Å². The van der Waals surface area contributed by atoms with Crippen LogP contribution in [0.4, 0.5) is 4.39 Å². The van der Waals surface area contributed by atoms with Crippen molar-refractivity contribution in [3.8, 4) is 11.8 Å². The summed E-state index contributed by atoms with van der Waals surface area (Å²) in [5.74, 6) is 5.60. The van der Waals surface area contributed by atoms with Crippen molar-refractivity contribution in [1.29, 1.82) is 0 Å². The van der Waals surface area contributed by atoms with Crippen molar-refractivity contribution in [1.82, 2.24) is 0 Å². The smallest absolute Gasteiger partial charge is 0.123 e. The third-order valence-corrected chi connectivity index (χ3v) is 2.34. The molecule has 0 atom stereocenters. The molecule has 0 aliphatic rings. The van der Waals surface area contributed by atoms with E-state index < -0.39 is 0 Å². The van der Waals surface area contributed by atoms with Crippen LogP contribution in [-0.4, -0.2) is 11.4 Å². The summed E-state index contributed by atoms with van der Waals surface area (Å²) in [6.45, 7) is 0. The fraction of sp³-hybridized carbons (Fsp3) is 0. The van der Waals surface area contributed by atoms with Gasteiger partial charge in [-0.15, -0.1) is 0 Å². The standard InChI is InChI=1S/C15H10FNO/c16-15-9-6-12(7-10-15)5-8-13-3-1-2-4-14(13)11-17-18/h1-4,6-7,9-11,18H/b17-11+. The molecule has 2 nitrogen and oxygen atoms in total. The zero-order chi connectivity index (χ0) is 12.8. The van der Waals surface area contributed by atoms with Crippen LogP contribution in [0.1, 0.15) is 16.7 Å². The monoisotopic (exact) mass is 239 g/mol. The van der Waals surface area contributed by atoms with Crippen LogP contribution in [0.25, 0.3) is 0 Å². The van der Waals surface area contributed by atoms with Gasteiger partial charge in [0.25, 0.3) is 0 Å². The summed E-state index contributed by atoms with van der Waals surface area (Å²) >= 11 is 0. The molecule has 1 N–H and O–H groups in total. The summed E-state index contributed by atoms with van der Waals surface area (Å²) in [7, 11) is 0. The highest BCUT2D eigenvalue weighted by Gasteiger charge is 1.95. The van der Waals surface area contributed by atoms with E-state index in [4.69, 9.17) is 5.21 Å². The van der Waals surface area contributed by atoms with E-state index in [1.165, 1.54) is 18.3 Å². The second-order valence-corrected chi connectivity index (χ2v) is 3.59. The molecular weight excluding hydrogens is 229 g/mol. The number of nitrogens with zero attached hydrogens (tertiary/aromatic N) is 1. The van der Waals surface area contributed by atoms with E-state index in [0.717, 1.165) is 16.7 Å². The van der Waals surface area contributed by atoms with Gasteiger partial charge in [-0.2, -0.15) is 0 Å². The predicted octanol–water partition coefficient (Wildman–Crippen LogP) is 3.03. The van der Waals surface area contributed by atoms with Crippen LogP contribution in [0.15, 0.2) is 53.7 Å². The third kappa shape index (κ3) is 2.96. The van der Waals surface area contributed by atoms with E-state index in [1.54, 1.807) is 18.2 Å². The first-order valence-electron chi connectivity index (χ1n) is 5.33. The lowest BCUT2D eigenvalue weighted by atomic mass is 10.1. The Bertz CT molecular complexity index is 621. The molecule has 0 fully saturated rings. The van der Waals surface area contributed by atoms with Gasteiger partial charge < -0.3 is 5.21 Å². The van der Waals surface area contributed by atoms with E-state index >= 15 is 0 Å². The minimum Gasteiger partial charge on any atom is -0.411 e. The highest BCUT2D eigenvalue weighted by Crippen LogP contribution is 2.06. The van der Waals surface area contributed by atoms with E-state index in [9.17, 15) is 4.39 Å². The van der Waals surface area contributed by atoms with E-state index in [-0.39, 0.29) is 5.82 Å². The molecule has 3 heteroatoms. The molecule has 0 saturated heterocycles. The molecule has 2 aromatic rings. The normalized spacial score (nSPS) is 10.1. The summed E-state index contributed by atoms with van der Waals surface area (Å²) in [6, 6.07) is 13.3. The van der Waals surface area contributed by atoms with Gasteiger partial charge in [0.15, 0.2) is 0 Å². The van der Waals surface area contributed by atoms with Crippen molar-refractivity contribution >= 4 is 6.21 Å². The zero-order valence-electron chi connectivity index (χ0n) is 9.47. The molecule has 0 spiro atoms. The van der Waals surface area contributed by atoms with Gasteiger partial charge in [-0.25, -0.2) is 4.39 Å². The fourth-order valence-electron chi connectivity index (χ4n) is 1.46. The molecule has 0 aliphatic heterocycles. The second kappa shape index (κ2) is 5.65. The number of hydrogen-bond donors (Lipinski definition) is 1. The zero-order valence-corrected chi connectivity index (χ0v) is 9.47. The topological polar surface area (TPSA) is 32.6 Å². The molecule has 0 radical (unpaired) electrons. The third-order valence-electron chi connectivity index (χ3n) is 2.34. The quantitative estimate of drug-likeness (QED) is 0.353. The fourth-order valence-corrected chi connectivity index (χ4v) is 1.46. The van der Waals surface area contributed by atoms with Crippen molar-refractivity contribution in [3.63, 3.8) is 0 Å². The molecule has 0 heterocycles. The lowest BCUT2D eigenvalue weighted by molar-refractivity contribution is 0.322. The molecule has 0 aromatic heterocycles. The summed E-state index contributed by atoms with van der Waals surface area (Å²) < 4.78 is 12.7. The lowest BCUT2D eigenvalue weighted by Gasteiger charge is -1.95. The first-order chi connectivity index (χ1) is 8.79. The molecule has 0 saturated carbocycles. The molecular formula is C15H10FNO. The first kappa shape index (κ1) is 11.9. The van der Waals surface area contributed by atoms with E-state index in [0.29, 0.717) is 0 Å². The summed E-state index contributed by atoms with van der Waals surface area (Å²) in [6.07, 6.45) is 1.33. The minimum absolute atomic E-state index is 0.284. The SMILES string of the molecule is O/N=C/c1ccccc1C#Cc1ccc(F)cc1. The van der Waals surface area contributed by atoms with Crippen molar-refractivity contribution in [2.45, 2.75) is 0 Å². The predicted molar refractivity (Wildman–Crippen MR) is 68.2 cm³/mol. The van der Waals surface area contributed by atoms with E-state index in [1.807, 2.05) is 18.2 Å². The van der Waals surface area contributed by atoms with Crippen molar-refractivity contribution < 1.29 is 9.60 Å². The lowest BCUT2D eigenvalue weighted by Crippen LogP contribution is -1.87. The van der Waals surface area contributed by atoms with Gasteiger partial charge >= 0.3 is 0 Å². The van der Waals surface area contributed by atoms with Crippen LogP contribution in [-0.2, 0) is 0 Å². The van der Waals surface area contributed by atoms with Crippen LogP contribution in [0, 0.1) is 17.7 Å². The molecule has 0 bridgehead atoms. The average molecular weight is 239 g/mol. The maximum atomic E-state index is 12.7. The van der Waals surface area contributed by atoms with Gasteiger partial charge in [0.1, 0.15) is 5.82 Å². The number of halogens is 1. The maximum Gasteiger partial charge on any atom is 0.123 e. The molecule has 0 aliphatic carbocycles. The van der Waals surface area contributed by atoms with Gasteiger partial charge in [0, 0.05) is 16.7 Å². The Balaban J connectivity index is 2.32. The minimum atomic E-state index is -0.284. The van der Waals surface area contributed by atoms with Crippen molar-refractivity contribution in [2.75, 3.05) is 0 Å². The maximum absolute atomic E-state index is 12.7. The Labute approximate surface area is 104 Å². The number of hydrogen-bond acceptors (Lipinski definition) is 2.